The first kappa shape index (κ1) is 104. The summed E-state index contributed by atoms with van der Waals surface area (Å²) < 4.78 is 36.6. The van der Waals surface area contributed by atoms with Gasteiger partial charge in [-0.3, -0.25) is 58.0 Å². The van der Waals surface area contributed by atoms with Gasteiger partial charge in [0.2, 0.25) is 23.6 Å². The topological polar surface area (TPSA) is 467 Å². The number of hydrogen-bond donors (Lipinski definition) is 11. The van der Waals surface area contributed by atoms with Gasteiger partial charge in [0.1, 0.15) is 69.1 Å². The molecule has 8 aromatic carbocycles. The zero-order valence-corrected chi connectivity index (χ0v) is 87.2. The first-order valence-corrected chi connectivity index (χ1v) is 51.3. The van der Waals surface area contributed by atoms with Crippen LogP contribution in [0.2, 0.25) is 0 Å². The SMILES string of the molecule is CC(C)[C@]1(C)CC(=O)N([C@@H]2CCOc3ccc(C(=O)N[C@H]4CC(C)(C)Oc5ccccc54)cc32)C(N)=N1.CC1(C)CC(=O)N([C@@H]2CC(C)(C)Oc3ccc(C(=O)N[C@@H]4c5ccccc5C[C@H]4O)cc32)C(N)=N1.CC1(C)CC(=O)N([C@@H]2CC(C)(C)Oc3ccc(C(=O)N[C@@H]4c5ccccc5OC(C)(C)[C@H]4O)cc32)C(N)=N1.CCC1C[C@@H](N2C(=O)CC(CC)(CC)N=C2N)c2cc(C(=O)N[C@@H]3c4ccccc4C[C@H]3O)ccc2O1. The lowest BCUT2D eigenvalue weighted by atomic mass is 9.83. The monoisotopic (exact) mass is 2010 g/mol. The summed E-state index contributed by atoms with van der Waals surface area (Å²) >= 11 is 0. The Morgan fingerprint density at radius 1 is 0.401 bits per heavy atom. The summed E-state index contributed by atoms with van der Waals surface area (Å²) in [6.07, 6.45) is 4.71. The van der Waals surface area contributed by atoms with E-state index in [1.54, 1.807) is 95.3 Å². The molecule has 0 saturated carbocycles. The van der Waals surface area contributed by atoms with Crippen LogP contribution in [0.4, 0.5) is 0 Å². The number of aliphatic hydroxyl groups excluding tert-OH is 3. The molecule has 0 bridgehead atoms. The fourth-order valence-electron chi connectivity index (χ4n) is 22.6. The van der Waals surface area contributed by atoms with Crippen LogP contribution in [0.1, 0.15) is 347 Å². The van der Waals surface area contributed by atoms with Crippen molar-refractivity contribution in [1.82, 2.24) is 40.9 Å². The highest BCUT2D eigenvalue weighted by molar-refractivity contribution is 6.04. The van der Waals surface area contributed by atoms with Crippen LogP contribution in [0.3, 0.4) is 0 Å². The van der Waals surface area contributed by atoms with E-state index in [0.717, 1.165) is 69.5 Å². The Balaban J connectivity index is 0.000000134. The molecular formula is C114H140N16O17. The van der Waals surface area contributed by atoms with Gasteiger partial charge in [0.05, 0.1) is 115 Å². The number of hydrogen-bond acceptors (Lipinski definition) is 25. The van der Waals surface area contributed by atoms with Crippen LogP contribution in [0, 0.1) is 5.92 Å². The van der Waals surface area contributed by atoms with E-state index < -0.39 is 93.1 Å². The molecule has 8 amide bonds. The summed E-state index contributed by atoms with van der Waals surface area (Å²) in [5.74, 6) is 3.42. The first-order valence-electron chi connectivity index (χ1n) is 51.3. The van der Waals surface area contributed by atoms with Gasteiger partial charge in [-0.1, -0.05) is 120 Å². The third-order valence-corrected chi connectivity index (χ3v) is 30.7. The summed E-state index contributed by atoms with van der Waals surface area (Å²) in [6.45, 7) is 35.6. The number of nitrogens with two attached hydrogens (primary N) is 4. The maximum Gasteiger partial charge on any atom is 0.251 e. The van der Waals surface area contributed by atoms with E-state index in [9.17, 15) is 53.7 Å². The van der Waals surface area contributed by atoms with Gasteiger partial charge in [-0.25, -0.2) is 20.0 Å². The normalized spacial score (nSPS) is 26.4. The second-order valence-corrected chi connectivity index (χ2v) is 45.0. The van der Waals surface area contributed by atoms with Crippen molar-refractivity contribution in [2.24, 2.45) is 48.8 Å². The van der Waals surface area contributed by atoms with Crippen molar-refractivity contribution in [2.45, 2.75) is 332 Å². The molecule has 0 spiro atoms. The molecule has 13 atom stereocenters. The molecule has 0 fully saturated rings. The lowest BCUT2D eigenvalue weighted by Crippen LogP contribution is -2.54. The smallest absolute Gasteiger partial charge is 0.251 e. The van der Waals surface area contributed by atoms with E-state index in [4.69, 9.17) is 61.3 Å². The molecule has 12 aliphatic rings. The molecule has 0 radical (unpaired) electrons. The Kier molecular flexibility index (Phi) is 28.5. The van der Waals surface area contributed by atoms with Gasteiger partial charge in [0.25, 0.3) is 23.6 Å². The number of amides is 8. The van der Waals surface area contributed by atoms with Crippen LogP contribution in [0.25, 0.3) is 0 Å². The molecule has 1 unspecified atom stereocenters. The van der Waals surface area contributed by atoms with Crippen LogP contribution in [0.5, 0.6) is 34.5 Å². The van der Waals surface area contributed by atoms with E-state index in [1.807, 2.05) is 214 Å². The summed E-state index contributed by atoms with van der Waals surface area (Å²) in [5.41, 5.74) is 31.2. The van der Waals surface area contributed by atoms with E-state index in [2.05, 4.69) is 31.3 Å². The van der Waals surface area contributed by atoms with Crippen molar-refractivity contribution in [3.63, 3.8) is 0 Å². The molecule has 147 heavy (non-hydrogen) atoms. The fourth-order valence-corrected chi connectivity index (χ4v) is 22.6. The number of ether oxygens (including phenoxy) is 6. The number of rotatable bonds is 16. The Bertz CT molecular complexity index is 6640. The maximum absolute atomic E-state index is 13.6. The Labute approximate surface area is 858 Å². The number of para-hydroxylation sites is 2. The molecule has 15 N–H and O–H groups in total. The average molecular weight is 2010 g/mol. The molecule has 20 rings (SSSR count). The van der Waals surface area contributed by atoms with Gasteiger partial charge >= 0.3 is 0 Å². The van der Waals surface area contributed by atoms with E-state index >= 15 is 0 Å². The van der Waals surface area contributed by atoms with Gasteiger partial charge in [0, 0.05) is 101 Å². The number of benzene rings is 8. The average Bonchev–Trinajstić information content (AvgIpc) is 1.65. The molecule has 10 heterocycles. The van der Waals surface area contributed by atoms with Gasteiger partial charge in [-0.15, -0.1) is 0 Å². The Morgan fingerprint density at radius 3 is 1.24 bits per heavy atom. The van der Waals surface area contributed by atoms with E-state index in [-0.39, 0.29) is 121 Å². The van der Waals surface area contributed by atoms with Crippen LogP contribution in [-0.4, -0.2) is 182 Å². The molecular weight excluding hydrogens is 1870 g/mol. The van der Waals surface area contributed by atoms with Crippen LogP contribution >= 0.6 is 0 Å². The number of fused-ring (bicyclic) bond motifs is 8. The van der Waals surface area contributed by atoms with Gasteiger partial charge < -0.3 is 87.9 Å². The third kappa shape index (κ3) is 21.4. The van der Waals surface area contributed by atoms with Crippen molar-refractivity contribution in [2.75, 3.05) is 6.61 Å². The number of carbonyl (C=O) groups is 8. The van der Waals surface area contributed by atoms with Crippen molar-refractivity contribution in [3.8, 4) is 34.5 Å². The minimum atomic E-state index is -0.971. The Morgan fingerprint density at radius 2 is 0.776 bits per heavy atom. The molecule has 33 nitrogen and oxygen atoms in total. The number of carbonyl (C=O) groups excluding carboxylic acids is 8. The maximum atomic E-state index is 13.6. The fraction of sp³-hybridized carbons (Fsp3) is 0.474. The van der Waals surface area contributed by atoms with Crippen LogP contribution in [-0.2, 0) is 32.0 Å². The predicted molar refractivity (Wildman–Crippen MR) is 558 cm³/mol. The zero-order chi connectivity index (χ0) is 106. The van der Waals surface area contributed by atoms with Gasteiger partial charge in [-0.2, -0.15) is 0 Å². The minimum Gasteiger partial charge on any atom is -0.493 e. The zero-order valence-electron chi connectivity index (χ0n) is 87.2. The largest absolute Gasteiger partial charge is 0.493 e. The third-order valence-electron chi connectivity index (χ3n) is 30.7. The molecule has 10 aliphatic heterocycles. The second-order valence-electron chi connectivity index (χ2n) is 45.0. The second kappa shape index (κ2) is 40.0. The lowest BCUT2D eigenvalue weighted by Gasteiger charge is -2.44. The molecule has 0 saturated heterocycles. The molecule has 0 aromatic heterocycles. The standard InChI is InChI=1S/C29H36N4O5.2C29H36N4O4.C27H32N4O4/c1-27(2)15-22(34)33(26(30)32-27)19-14-28(3,4)37-21-12-11-16(13-18(19)21)25(36)31-23-17-9-7-8-10-20(17)38-29(5,6)24(23)35;1-17(2)29(5)16-25(34)33(27(30)32-29)22-12-13-36-23-11-10-18(14-20(22)23)26(35)31-21-15-28(3,4)37-24-9-7-6-8-19(21)24;1-4-19-15-22(33-25(35)16-29(5-2,6-3)32-28(33)30)21-13-18(11-12-24(21)37-19)27(36)31-26-20-10-8-7-9-17(20)14-23(26)34;1-26(2)14-22(33)31(25(28)30-26)19-13-27(3,4)35-21-10-9-16(11-18(19)21)24(34)29-23-17-8-6-5-7-15(17)12-20(23)32/h7-13,19,23-24,35H,14-15H2,1-6H3,(H2,30,32)(H,31,36);6-11,14,17,21-22H,12-13,15-16H2,1-5H3,(H2,30,32)(H,31,35);7-13,19,22-23,26,34H,4-6,14-16H2,1-3H3,(H2,30,32)(H,31,36);5-11,19-20,23,32H,12-14H2,1-4H3,(H2,28,30)(H,29,34)/t19-,23-,24+;21-,22+,29-;19?,22-,23-,26-;19-,20-,23-/m1011/s1. The van der Waals surface area contributed by atoms with Gasteiger partial charge in [-0.05, 0) is 222 Å². The summed E-state index contributed by atoms with van der Waals surface area (Å²) in [5, 5.41) is 44.4. The molecule has 8 aromatic rings. The molecule has 778 valence electrons. The quantitative estimate of drug-likeness (QED) is 0.0428. The van der Waals surface area contributed by atoms with Gasteiger partial charge in [0.15, 0.2) is 23.8 Å². The van der Waals surface area contributed by atoms with Crippen LogP contribution < -0.4 is 72.6 Å². The summed E-state index contributed by atoms with van der Waals surface area (Å²) in [7, 11) is 0. The number of aliphatic imine (C=N–C) groups is 4. The van der Waals surface area contributed by atoms with Crippen molar-refractivity contribution in [1.29, 1.82) is 0 Å². The number of nitrogens with one attached hydrogen (secondary N) is 4. The highest BCUT2D eigenvalue weighted by atomic mass is 16.5. The first-order chi connectivity index (χ1) is 69.4. The Hall–Kier alpha value is -13.9. The van der Waals surface area contributed by atoms with Crippen LogP contribution in [0.15, 0.2) is 190 Å². The highest BCUT2D eigenvalue weighted by Crippen LogP contribution is 2.51. The van der Waals surface area contributed by atoms with Crippen molar-refractivity contribution >= 4 is 71.1 Å². The van der Waals surface area contributed by atoms with Crippen molar-refractivity contribution in [3.05, 3.63) is 248 Å². The minimum absolute atomic E-state index is 0.0514. The van der Waals surface area contributed by atoms with E-state index in [1.165, 1.54) is 4.90 Å². The summed E-state index contributed by atoms with van der Waals surface area (Å²) in [6, 6.07) is 48.4. The molecule has 2 aliphatic carbocycles. The lowest BCUT2D eigenvalue weighted by molar-refractivity contribution is -0.133. The van der Waals surface area contributed by atoms with Crippen molar-refractivity contribution < 1.29 is 82.1 Å². The number of nitrogens with zero attached hydrogens (tertiary/aromatic N) is 8. The predicted octanol–water partition coefficient (Wildman–Crippen LogP) is 14.9. The molecule has 33 heteroatoms. The number of aliphatic hydroxyl groups is 3. The highest BCUT2D eigenvalue weighted by Gasteiger charge is 2.52. The summed E-state index contributed by atoms with van der Waals surface area (Å²) in [4.78, 5) is 132. The number of guanidine groups is 4. The van der Waals surface area contributed by atoms with E-state index in [0.29, 0.717) is 120 Å².